The Kier molecular flexibility index (Phi) is 5.79. The number of carbonyl (C=O) groups is 2. The minimum Gasteiger partial charge on any atom is -0.490 e. The van der Waals surface area contributed by atoms with Crippen molar-refractivity contribution >= 4 is 39.1 Å². The minimum absolute atomic E-state index is 0.0244. The van der Waals surface area contributed by atoms with Crippen molar-refractivity contribution in [2.75, 3.05) is 23.4 Å². The maximum Gasteiger partial charge on any atom is 0.255 e. The van der Waals surface area contributed by atoms with Crippen LogP contribution in [-0.2, 0) is 4.79 Å². The molecule has 2 amide bonds. The van der Waals surface area contributed by atoms with Gasteiger partial charge in [0.15, 0.2) is 0 Å². The van der Waals surface area contributed by atoms with Crippen molar-refractivity contribution in [2.45, 2.75) is 27.7 Å². The molecule has 6 heteroatoms. The summed E-state index contributed by atoms with van der Waals surface area (Å²) in [6.45, 7) is 8.84. The first-order valence-electron chi connectivity index (χ1n) is 9.33. The van der Waals surface area contributed by atoms with Gasteiger partial charge >= 0.3 is 0 Å². The molecule has 1 heterocycles. The Labute approximate surface area is 174 Å². The zero-order valence-electron chi connectivity index (χ0n) is 16.6. The lowest BCUT2D eigenvalue weighted by molar-refractivity contribution is -0.127. The average Bonchev–Trinajstić information content (AvgIpc) is 2.72. The summed E-state index contributed by atoms with van der Waals surface area (Å²) in [5.41, 5.74) is 1.26. The summed E-state index contributed by atoms with van der Waals surface area (Å²) in [6, 6.07) is 12.6. The predicted octanol–water partition coefficient (Wildman–Crippen LogP) is 5.11. The molecule has 1 aliphatic rings. The number of anilines is 2. The summed E-state index contributed by atoms with van der Waals surface area (Å²) >= 11 is 3.37. The maximum absolute atomic E-state index is 13.1. The highest BCUT2D eigenvalue weighted by Gasteiger charge is 2.38. The number of fused-ring (bicyclic) bond motifs is 1. The normalized spacial score (nSPS) is 15.6. The Balaban J connectivity index is 1.92. The molecule has 0 saturated carbocycles. The molecule has 28 heavy (non-hydrogen) atoms. The molecule has 0 atom stereocenters. The lowest BCUT2D eigenvalue weighted by Gasteiger charge is -2.29. The first-order chi connectivity index (χ1) is 13.2. The van der Waals surface area contributed by atoms with Gasteiger partial charge in [-0.2, -0.15) is 0 Å². The topological polar surface area (TPSA) is 58.6 Å². The fourth-order valence-corrected chi connectivity index (χ4v) is 3.34. The van der Waals surface area contributed by atoms with Crippen LogP contribution in [0.2, 0.25) is 0 Å². The van der Waals surface area contributed by atoms with Crippen LogP contribution in [0.15, 0.2) is 46.9 Å². The SMILES string of the molecule is CC(C)CN1C(=O)C(C)(C)COc2ccc(NC(=O)c3ccc(Br)cc3)cc21. The highest BCUT2D eigenvalue weighted by atomic mass is 79.9. The van der Waals surface area contributed by atoms with Crippen LogP contribution < -0.4 is 15.0 Å². The first-order valence-corrected chi connectivity index (χ1v) is 10.1. The van der Waals surface area contributed by atoms with E-state index in [1.165, 1.54) is 0 Å². The number of nitrogens with one attached hydrogen (secondary N) is 1. The predicted molar refractivity (Wildman–Crippen MR) is 115 cm³/mol. The van der Waals surface area contributed by atoms with E-state index in [1.807, 2.05) is 38.1 Å². The molecule has 0 spiro atoms. The highest BCUT2D eigenvalue weighted by molar-refractivity contribution is 9.10. The summed E-state index contributed by atoms with van der Waals surface area (Å²) < 4.78 is 6.84. The van der Waals surface area contributed by atoms with Crippen LogP contribution in [0.1, 0.15) is 38.1 Å². The van der Waals surface area contributed by atoms with Crippen LogP contribution in [0.5, 0.6) is 5.75 Å². The molecule has 3 rings (SSSR count). The number of ether oxygens (including phenoxy) is 1. The van der Waals surface area contributed by atoms with Gasteiger partial charge in [0.25, 0.3) is 5.91 Å². The number of carbonyl (C=O) groups excluding carboxylic acids is 2. The van der Waals surface area contributed by atoms with E-state index in [1.54, 1.807) is 23.1 Å². The molecule has 0 fully saturated rings. The zero-order chi connectivity index (χ0) is 20.5. The van der Waals surface area contributed by atoms with E-state index >= 15 is 0 Å². The van der Waals surface area contributed by atoms with Gasteiger partial charge in [0, 0.05) is 22.3 Å². The van der Waals surface area contributed by atoms with Crippen LogP contribution in [0.25, 0.3) is 0 Å². The third-order valence-electron chi connectivity index (χ3n) is 4.57. The fourth-order valence-electron chi connectivity index (χ4n) is 3.07. The number of nitrogens with zero attached hydrogens (tertiary/aromatic N) is 1. The molecule has 0 saturated heterocycles. The van der Waals surface area contributed by atoms with Crippen LogP contribution in [0.3, 0.4) is 0 Å². The van der Waals surface area contributed by atoms with Gasteiger partial charge in [-0.25, -0.2) is 0 Å². The Bertz CT molecular complexity index is 891. The lowest BCUT2D eigenvalue weighted by Crippen LogP contribution is -2.43. The standard InChI is InChI=1S/C22H25BrN2O3/c1-14(2)12-25-18-11-17(24-20(26)15-5-7-16(23)8-6-15)9-10-19(18)28-13-22(3,4)21(25)27/h5-11,14H,12-13H2,1-4H3,(H,24,26). The summed E-state index contributed by atoms with van der Waals surface area (Å²) in [5.74, 6) is 0.772. The summed E-state index contributed by atoms with van der Waals surface area (Å²) in [6.07, 6.45) is 0. The molecule has 0 radical (unpaired) electrons. The van der Waals surface area contributed by atoms with Crippen molar-refractivity contribution in [3.8, 4) is 5.75 Å². The number of hydrogen-bond acceptors (Lipinski definition) is 3. The quantitative estimate of drug-likeness (QED) is 0.712. The smallest absolute Gasteiger partial charge is 0.255 e. The molecular formula is C22H25BrN2O3. The minimum atomic E-state index is -0.616. The maximum atomic E-state index is 13.1. The van der Waals surface area contributed by atoms with E-state index in [9.17, 15) is 9.59 Å². The molecule has 1 N–H and O–H groups in total. The molecule has 148 valence electrons. The molecule has 0 bridgehead atoms. The molecule has 5 nitrogen and oxygen atoms in total. The second-order valence-electron chi connectivity index (χ2n) is 8.13. The van der Waals surface area contributed by atoms with E-state index in [0.717, 1.165) is 4.47 Å². The summed E-state index contributed by atoms with van der Waals surface area (Å²) in [5, 5.41) is 2.91. The van der Waals surface area contributed by atoms with E-state index in [-0.39, 0.29) is 11.8 Å². The zero-order valence-corrected chi connectivity index (χ0v) is 18.2. The number of hydrogen-bond donors (Lipinski definition) is 1. The van der Waals surface area contributed by atoms with Crippen LogP contribution in [0, 0.1) is 11.3 Å². The van der Waals surface area contributed by atoms with Gasteiger partial charge in [0.05, 0.1) is 11.1 Å². The summed E-state index contributed by atoms with van der Waals surface area (Å²) in [7, 11) is 0. The largest absolute Gasteiger partial charge is 0.490 e. The molecule has 0 aromatic heterocycles. The number of amides is 2. The molecular weight excluding hydrogens is 420 g/mol. The number of halogens is 1. The monoisotopic (exact) mass is 444 g/mol. The van der Waals surface area contributed by atoms with Gasteiger partial charge in [-0.3, -0.25) is 9.59 Å². The third kappa shape index (κ3) is 4.38. The van der Waals surface area contributed by atoms with Gasteiger partial charge in [-0.1, -0.05) is 29.8 Å². The number of benzene rings is 2. The molecule has 1 aliphatic heterocycles. The fraction of sp³-hybridized carbons (Fsp3) is 0.364. The van der Waals surface area contributed by atoms with E-state index < -0.39 is 5.41 Å². The van der Waals surface area contributed by atoms with Crippen molar-refractivity contribution in [3.05, 3.63) is 52.5 Å². The summed E-state index contributed by atoms with van der Waals surface area (Å²) in [4.78, 5) is 27.4. The average molecular weight is 445 g/mol. The first kappa shape index (κ1) is 20.4. The van der Waals surface area contributed by atoms with Crippen LogP contribution in [0.4, 0.5) is 11.4 Å². The van der Waals surface area contributed by atoms with Gasteiger partial charge in [0.2, 0.25) is 5.91 Å². The van der Waals surface area contributed by atoms with Crippen molar-refractivity contribution in [2.24, 2.45) is 11.3 Å². The van der Waals surface area contributed by atoms with Crippen molar-refractivity contribution in [1.29, 1.82) is 0 Å². The Morgan fingerprint density at radius 1 is 1.21 bits per heavy atom. The second kappa shape index (κ2) is 7.95. The van der Waals surface area contributed by atoms with E-state index in [0.29, 0.717) is 41.8 Å². The molecule has 0 unspecified atom stereocenters. The Morgan fingerprint density at radius 3 is 2.54 bits per heavy atom. The van der Waals surface area contributed by atoms with Gasteiger partial charge in [-0.15, -0.1) is 0 Å². The van der Waals surface area contributed by atoms with Gasteiger partial charge in [-0.05, 0) is 62.2 Å². The van der Waals surface area contributed by atoms with Crippen LogP contribution in [-0.4, -0.2) is 25.0 Å². The second-order valence-corrected chi connectivity index (χ2v) is 9.04. The third-order valence-corrected chi connectivity index (χ3v) is 5.10. The van der Waals surface area contributed by atoms with E-state index in [2.05, 4.69) is 35.1 Å². The number of rotatable bonds is 4. The van der Waals surface area contributed by atoms with Crippen molar-refractivity contribution in [3.63, 3.8) is 0 Å². The Hall–Kier alpha value is -2.34. The Morgan fingerprint density at radius 2 is 1.89 bits per heavy atom. The lowest BCUT2D eigenvalue weighted by atomic mass is 9.92. The van der Waals surface area contributed by atoms with E-state index in [4.69, 9.17) is 4.74 Å². The molecule has 2 aromatic rings. The van der Waals surface area contributed by atoms with Crippen molar-refractivity contribution < 1.29 is 14.3 Å². The van der Waals surface area contributed by atoms with Gasteiger partial charge in [0.1, 0.15) is 12.4 Å². The van der Waals surface area contributed by atoms with Gasteiger partial charge < -0.3 is 15.0 Å². The molecule has 2 aromatic carbocycles. The molecule has 0 aliphatic carbocycles. The van der Waals surface area contributed by atoms with Crippen LogP contribution >= 0.6 is 15.9 Å². The highest BCUT2D eigenvalue weighted by Crippen LogP contribution is 2.38. The van der Waals surface area contributed by atoms with Crippen molar-refractivity contribution in [1.82, 2.24) is 0 Å².